The number of benzene rings is 1. The van der Waals surface area contributed by atoms with Crippen molar-refractivity contribution in [1.29, 1.82) is 0 Å². The van der Waals surface area contributed by atoms with Crippen LogP contribution in [-0.2, 0) is 6.54 Å². The molecule has 0 N–H and O–H groups in total. The number of fused-ring (bicyclic) bond motifs is 1. The van der Waals surface area contributed by atoms with Crippen LogP contribution in [0.1, 0.15) is 19.3 Å². The number of rotatable bonds is 4. The van der Waals surface area contributed by atoms with Gasteiger partial charge in [0, 0.05) is 18.7 Å². The van der Waals surface area contributed by atoms with E-state index in [2.05, 4.69) is 49.5 Å². The zero-order chi connectivity index (χ0) is 14.8. The van der Waals surface area contributed by atoms with Crippen molar-refractivity contribution in [3.63, 3.8) is 0 Å². The van der Waals surface area contributed by atoms with Crippen molar-refractivity contribution in [2.24, 2.45) is 0 Å². The number of aromatic nitrogens is 2. The Kier molecular flexibility index (Phi) is 3.95. The van der Waals surface area contributed by atoms with Gasteiger partial charge in [-0.05, 0) is 54.4 Å². The summed E-state index contributed by atoms with van der Waals surface area (Å²) in [7, 11) is 0. The second-order valence-corrected chi connectivity index (χ2v) is 6.81. The molecule has 4 rings (SSSR count). The van der Waals surface area contributed by atoms with Gasteiger partial charge in [0.1, 0.15) is 0 Å². The molecule has 22 heavy (non-hydrogen) atoms. The first kappa shape index (κ1) is 14.0. The van der Waals surface area contributed by atoms with Crippen molar-refractivity contribution >= 4 is 22.4 Å². The first-order valence-electron chi connectivity index (χ1n) is 8.10. The molecule has 0 bridgehead atoms. The van der Waals surface area contributed by atoms with E-state index in [1.54, 1.807) is 11.3 Å². The molecule has 0 amide bonds. The average Bonchev–Trinajstić information content (AvgIpc) is 3.23. The Morgan fingerprint density at radius 2 is 1.95 bits per heavy atom. The number of thiophene rings is 1. The third-order valence-corrected chi connectivity index (χ3v) is 5.27. The maximum absolute atomic E-state index is 4.69. The van der Waals surface area contributed by atoms with Crippen LogP contribution in [0, 0.1) is 0 Å². The fraction of sp³-hybridized carbons (Fsp3) is 0.389. The Balaban J connectivity index is 1.59. The summed E-state index contributed by atoms with van der Waals surface area (Å²) >= 11 is 1.74. The van der Waals surface area contributed by atoms with Gasteiger partial charge in [0.15, 0.2) is 0 Å². The summed E-state index contributed by atoms with van der Waals surface area (Å²) in [6, 6.07) is 8.68. The van der Waals surface area contributed by atoms with E-state index >= 15 is 0 Å². The minimum absolute atomic E-state index is 1.03. The van der Waals surface area contributed by atoms with Crippen LogP contribution in [0.15, 0.2) is 41.4 Å². The molecule has 114 valence electrons. The van der Waals surface area contributed by atoms with E-state index < -0.39 is 0 Å². The molecule has 1 aromatic carbocycles. The fourth-order valence-electron chi connectivity index (χ4n) is 3.35. The molecule has 0 radical (unpaired) electrons. The second kappa shape index (κ2) is 6.23. The predicted molar refractivity (Wildman–Crippen MR) is 93.3 cm³/mol. The monoisotopic (exact) mass is 311 g/mol. The van der Waals surface area contributed by atoms with Crippen molar-refractivity contribution < 1.29 is 0 Å². The van der Waals surface area contributed by atoms with Crippen molar-refractivity contribution in [3.8, 4) is 11.1 Å². The van der Waals surface area contributed by atoms with Crippen LogP contribution in [-0.4, -0.2) is 34.1 Å². The minimum atomic E-state index is 1.03. The normalized spacial score (nSPS) is 16.4. The Hall–Kier alpha value is -1.65. The third-order valence-electron chi connectivity index (χ3n) is 4.59. The average molecular weight is 311 g/mol. The zero-order valence-corrected chi connectivity index (χ0v) is 13.6. The van der Waals surface area contributed by atoms with Gasteiger partial charge in [-0.1, -0.05) is 18.6 Å². The molecule has 2 aromatic heterocycles. The molecule has 1 aliphatic rings. The number of hydrogen-bond acceptors (Lipinski definition) is 3. The molecule has 0 saturated carbocycles. The summed E-state index contributed by atoms with van der Waals surface area (Å²) < 4.78 is 2.31. The molecule has 3 heterocycles. The number of hydrogen-bond donors (Lipinski definition) is 0. The summed E-state index contributed by atoms with van der Waals surface area (Å²) in [6.07, 6.45) is 6.11. The van der Waals surface area contributed by atoms with Gasteiger partial charge in [-0.15, -0.1) is 0 Å². The van der Waals surface area contributed by atoms with Crippen LogP contribution >= 0.6 is 11.3 Å². The summed E-state index contributed by atoms with van der Waals surface area (Å²) in [4.78, 5) is 7.27. The van der Waals surface area contributed by atoms with Crippen LogP contribution in [0.3, 0.4) is 0 Å². The van der Waals surface area contributed by atoms with Crippen LogP contribution in [0.5, 0.6) is 0 Å². The van der Waals surface area contributed by atoms with Crippen LogP contribution in [0.4, 0.5) is 0 Å². The Morgan fingerprint density at radius 1 is 1.05 bits per heavy atom. The SMILES string of the molecule is c1cc(-c2ccsc2)c2ncn(CCN3CCCCC3)c2c1. The Bertz CT molecular complexity index is 739. The van der Waals surface area contributed by atoms with E-state index in [0.29, 0.717) is 0 Å². The molecule has 1 aliphatic heterocycles. The Labute approximate surface area is 135 Å². The molecule has 1 fully saturated rings. The van der Waals surface area contributed by atoms with Gasteiger partial charge >= 0.3 is 0 Å². The summed E-state index contributed by atoms with van der Waals surface area (Å²) in [5.41, 5.74) is 4.90. The molecule has 1 saturated heterocycles. The van der Waals surface area contributed by atoms with Crippen LogP contribution in [0.2, 0.25) is 0 Å². The van der Waals surface area contributed by atoms with Gasteiger partial charge in [-0.2, -0.15) is 11.3 Å². The van der Waals surface area contributed by atoms with E-state index in [-0.39, 0.29) is 0 Å². The maximum Gasteiger partial charge on any atom is 0.0963 e. The highest BCUT2D eigenvalue weighted by atomic mass is 32.1. The molecular weight excluding hydrogens is 290 g/mol. The Morgan fingerprint density at radius 3 is 2.77 bits per heavy atom. The smallest absolute Gasteiger partial charge is 0.0963 e. The van der Waals surface area contributed by atoms with Crippen molar-refractivity contribution in [1.82, 2.24) is 14.5 Å². The van der Waals surface area contributed by atoms with E-state index in [1.165, 1.54) is 49.0 Å². The summed E-state index contributed by atoms with van der Waals surface area (Å²) in [5, 5.41) is 4.32. The lowest BCUT2D eigenvalue weighted by atomic mass is 10.1. The lowest BCUT2D eigenvalue weighted by molar-refractivity contribution is 0.221. The van der Waals surface area contributed by atoms with E-state index in [0.717, 1.165) is 18.6 Å². The first-order chi connectivity index (χ1) is 10.9. The molecule has 3 aromatic rings. The number of piperidine rings is 1. The standard InChI is InChI=1S/C18H21N3S/c1-2-8-20(9-3-1)10-11-21-14-19-18-16(5-4-6-17(18)21)15-7-12-22-13-15/h4-7,12-14H,1-3,8-11H2. The number of nitrogens with zero attached hydrogens (tertiary/aromatic N) is 3. The number of likely N-dealkylation sites (tertiary alicyclic amines) is 1. The van der Waals surface area contributed by atoms with Gasteiger partial charge in [0.25, 0.3) is 0 Å². The zero-order valence-electron chi connectivity index (χ0n) is 12.7. The quantitative estimate of drug-likeness (QED) is 0.718. The van der Waals surface area contributed by atoms with E-state index in [1.807, 2.05) is 6.33 Å². The second-order valence-electron chi connectivity index (χ2n) is 6.03. The van der Waals surface area contributed by atoms with Gasteiger partial charge in [-0.3, -0.25) is 0 Å². The molecular formula is C18H21N3S. The largest absolute Gasteiger partial charge is 0.329 e. The molecule has 4 heteroatoms. The van der Waals surface area contributed by atoms with Crippen molar-refractivity contribution in [2.75, 3.05) is 19.6 Å². The third kappa shape index (κ3) is 2.69. The predicted octanol–water partition coefficient (Wildman–Crippen LogP) is 4.25. The van der Waals surface area contributed by atoms with E-state index in [4.69, 9.17) is 0 Å². The first-order valence-corrected chi connectivity index (χ1v) is 9.05. The molecule has 0 unspecified atom stereocenters. The lowest BCUT2D eigenvalue weighted by Gasteiger charge is -2.26. The topological polar surface area (TPSA) is 21.1 Å². The van der Waals surface area contributed by atoms with Gasteiger partial charge < -0.3 is 9.47 Å². The van der Waals surface area contributed by atoms with Crippen molar-refractivity contribution in [2.45, 2.75) is 25.8 Å². The van der Waals surface area contributed by atoms with E-state index in [9.17, 15) is 0 Å². The summed E-state index contributed by atoms with van der Waals surface area (Å²) in [5.74, 6) is 0. The highest BCUT2D eigenvalue weighted by Gasteiger charge is 2.12. The minimum Gasteiger partial charge on any atom is -0.329 e. The highest BCUT2D eigenvalue weighted by molar-refractivity contribution is 7.08. The lowest BCUT2D eigenvalue weighted by Crippen LogP contribution is -2.32. The maximum atomic E-state index is 4.69. The molecule has 0 atom stereocenters. The van der Waals surface area contributed by atoms with Crippen LogP contribution < -0.4 is 0 Å². The fourth-order valence-corrected chi connectivity index (χ4v) is 4.01. The molecule has 0 spiro atoms. The van der Waals surface area contributed by atoms with Crippen molar-refractivity contribution in [3.05, 3.63) is 41.4 Å². The molecule has 0 aliphatic carbocycles. The number of imidazole rings is 1. The summed E-state index contributed by atoms with van der Waals surface area (Å²) in [6.45, 7) is 4.68. The van der Waals surface area contributed by atoms with Gasteiger partial charge in [0.05, 0.1) is 17.4 Å². The van der Waals surface area contributed by atoms with Gasteiger partial charge in [-0.25, -0.2) is 4.98 Å². The molecule has 3 nitrogen and oxygen atoms in total. The van der Waals surface area contributed by atoms with Gasteiger partial charge in [0.2, 0.25) is 0 Å². The number of para-hydroxylation sites is 1. The highest BCUT2D eigenvalue weighted by Crippen LogP contribution is 2.29. The van der Waals surface area contributed by atoms with Crippen LogP contribution in [0.25, 0.3) is 22.2 Å².